The zero-order valence-corrected chi connectivity index (χ0v) is 18.0. The number of imide groups is 1. The largest absolute Gasteiger partial charge is 0.369 e. The van der Waals surface area contributed by atoms with Crippen LogP contribution in [0.25, 0.3) is 0 Å². The second-order valence-corrected chi connectivity index (χ2v) is 8.35. The Morgan fingerprint density at radius 1 is 1.00 bits per heavy atom. The number of anilines is 2. The van der Waals surface area contributed by atoms with E-state index >= 15 is 0 Å². The van der Waals surface area contributed by atoms with Crippen molar-refractivity contribution in [2.24, 2.45) is 0 Å². The molecule has 31 heavy (non-hydrogen) atoms. The first-order valence-corrected chi connectivity index (χ1v) is 11.0. The van der Waals surface area contributed by atoms with Gasteiger partial charge in [-0.3, -0.25) is 14.5 Å². The number of rotatable bonds is 7. The van der Waals surface area contributed by atoms with Crippen LogP contribution in [-0.4, -0.2) is 62.0 Å². The van der Waals surface area contributed by atoms with Crippen molar-refractivity contribution in [3.8, 4) is 0 Å². The molecule has 2 amide bonds. The summed E-state index contributed by atoms with van der Waals surface area (Å²) in [5.74, 6) is -0.927. The molecule has 6 nitrogen and oxygen atoms in total. The standard InChI is InChI=1S/C23H26ClFN4O2/c24-17-3-1-4-20(15-17)28-13-11-27(12-14-28)10-2-9-26-21-16-22(30)29(23(21)31)19-7-5-18(25)6-8-19/h1,3-8,15,21,26H,2,9-14,16H2/t21-/m0/s1. The highest BCUT2D eigenvalue weighted by Crippen LogP contribution is 2.23. The van der Waals surface area contributed by atoms with Gasteiger partial charge in [0.15, 0.2) is 0 Å². The van der Waals surface area contributed by atoms with Gasteiger partial charge in [-0.2, -0.15) is 0 Å². The number of hydrogen-bond acceptors (Lipinski definition) is 5. The molecule has 1 N–H and O–H groups in total. The molecule has 8 heteroatoms. The van der Waals surface area contributed by atoms with Gasteiger partial charge in [0.2, 0.25) is 5.91 Å². The maximum absolute atomic E-state index is 13.1. The van der Waals surface area contributed by atoms with Crippen LogP contribution in [0.3, 0.4) is 0 Å². The summed E-state index contributed by atoms with van der Waals surface area (Å²) in [5, 5.41) is 3.97. The van der Waals surface area contributed by atoms with Crippen molar-refractivity contribution in [3.05, 3.63) is 59.4 Å². The number of halogens is 2. The van der Waals surface area contributed by atoms with E-state index in [0.717, 1.165) is 54.8 Å². The molecular weight excluding hydrogens is 419 g/mol. The van der Waals surface area contributed by atoms with Gasteiger partial charge in [0, 0.05) is 36.9 Å². The smallest absolute Gasteiger partial charge is 0.251 e. The van der Waals surface area contributed by atoms with Crippen LogP contribution in [0.4, 0.5) is 15.8 Å². The monoisotopic (exact) mass is 444 g/mol. The first-order valence-electron chi connectivity index (χ1n) is 10.6. The Hall–Kier alpha value is -2.48. The lowest BCUT2D eigenvalue weighted by molar-refractivity contribution is -0.121. The molecule has 0 bridgehead atoms. The average molecular weight is 445 g/mol. The molecule has 4 rings (SSSR count). The summed E-state index contributed by atoms with van der Waals surface area (Å²) >= 11 is 6.09. The second-order valence-electron chi connectivity index (χ2n) is 7.92. The van der Waals surface area contributed by atoms with E-state index in [9.17, 15) is 14.0 Å². The van der Waals surface area contributed by atoms with Crippen LogP contribution in [0.15, 0.2) is 48.5 Å². The van der Waals surface area contributed by atoms with Crippen LogP contribution in [-0.2, 0) is 9.59 Å². The van der Waals surface area contributed by atoms with Crippen molar-refractivity contribution >= 4 is 34.8 Å². The van der Waals surface area contributed by atoms with Crippen molar-refractivity contribution in [1.82, 2.24) is 10.2 Å². The number of benzene rings is 2. The normalized spacial score (nSPS) is 20.0. The summed E-state index contributed by atoms with van der Waals surface area (Å²) < 4.78 is 13.1. The third kappa shape index (κ3) is 5.23. The molecule has 164 valence electrons. The highest BCUT2D eigenvalue weighted by atomic mass is 35.5. The molecular formula is C23H26ClFN4O2. The number of hydrogen-bond donors (Lipinski definition) is 1. The number of carbonyl (C=O) groups excluding carboxylic acids is 2. The van der Waals surface area contributed by atoms with Gasteiger partial charge in [-0.15, -0.1) is 0 Å². The van der Waals surface area contributed by atoms with Gasteiger partial charge >= 0.3 is 0 Å². The fraction of sp³-hybridized carbons (Fsp3) is 0.391. The average Bonchev–Trinajstić information content (AvgIpc) is 3.05. The molecule has 2 fully saturated rings. The lowest BCUT2D eigenvalue weighted by Crippen LogP contribution is -2.47. The number of nitrogens with one attached hydrogen (secondary N) is 1. The Morgan fingerprint density at radius 2 is 1.74 bits per heavy atom. The summed E-state index contributed by atoms with van der Waals surface area (Å²) in [7, 11) is 0. The Balaban J connectivity index is 1.19. The van der Waals surface area contributed by atoms with E-state index in [-0.39, 0.29) is 18.2 Å². The summed E-state index contributed by atoms with van der Waals surface area (Å²) in [4.78, 5) is 30.8. The van der Waals surface area contributed by atoms with Gasteiger partial charge in [-0.05, 0) is 62.0 Å². The number of nitrogens with zero attached hydrogens (tertiary/aromatic N) is 3. The highest BCUT2D eigenvalue weighted by Gasteiger charge is 2.39. The summed E-state index contributed by atoms with van der Waals surface area (Å²) in [6.45, 7) is 5.46. The van der Waals surface area contributed by atoms with Crippen molar-refractivity contribution in [2.45, 2.75) is 18.9 Å². The zero-order chi connectivity index (χ0) is 21.8. The maximum atomic E-state index is 13.1. The van der Waals surface area contributed by atoms with Crippen LogP contribution in [0, 0.1) is 5.82 Å². The van der Waals surface area contributed by atoms with Gasteiger partial charge in [0.05, 0.1) is 18.2 Å². The molecule has 2 aliphatic heterocycles. The molecule has 2 saturated heterocycles. The third-order valence-electron chi connectivity index (χ3n) is 5.82. The van der Waals surface area contributed by atoms with Crippen LogP contribution in [0.1, 0.15) is 12.8 Å². The molecule has 2 aliphatic rings. The van der Waals surface area contributed by atoms with Gasteiger partial charge in [-0.1, -0.05) is 17.7 Å². The van der Waals surface area contributed by atoms with Crippen LogP contribution in [0.2, 0.25) is 5.02 Å². The lowest BCUT2D eigenvalue weighted by atomic mass is 10.2. The van der Waals surface area contributed by atoms with E-state index in [0.29, 0.717) is 12.2 Å². The summed E-state index contributed by atoms with van der Waals surface area (Å²) in [6, 6.07) is 12.8. The van der Waals surface area contributed by atoms with Crippen molar-refractivity contribution in [3.63, 3.8) is 0 Å². The van der Waals surface area contributed by atoms with E-state index in [1.165, 1.54) is 24.3 Å². The Kier molecular flexibility index (Phi) is 6.85. The highest BCUT2D eigenvalue weighted by molar-refractivity contribution is 6.30. The van der Waals surface area contributed by atoms with E-state index in [4.69, 9.17) is 11.6 Å². The van der Waals surface area contributed by atoms with E-state index in [1.54, 1.807) is 0 Å². The fourth-order valence-corrected chi connectivity index (χ4v) is 4.32. The lowest BCUT2D eigenvalue weighted by Gasteiger charge is -2.36. The Morgan fingerprint density at radius 3 is 2.45 bits per heavy atom. The topological polar surface area (TPSA) is 55.9 Å². The molecule has 1 atom stereocenters. The van der Waals surface area contributed by atoms with Gasteiger partial charge in [0.25, 0.3) is 5.91 Å². The summed E-state index contributed by atoms with van der Waals surface area (Å²) in [6.07, 6.45) is 1.03. The molecule has 2 aromatic rings. The SMILES string of the molecule is O=C1C[C@H](NCCCN2CCN(c3cccc(Cl)c3)CC2)C(=O)N1c1ccc(F)cc1. The second kappa shape index (κ2) is 9.77. The molecule has 0 spiro atoms. The third-order valence-corrected chi connectivity index (χ3v) is 6.05. The molecule has 2 heterocycles. The first kappa shape index (κ1) is 21.7. The van der Waals surface area contributed by atoms with Crippen LogP contribution < -0.4 is 15.1 Å². The number of piperazine rings is 1. The van der Waals surface area contributed by atoms with Crippen LogP contribution >= 0.6 is 11.6 Å². The Labute approximate surface area is 186 Å². The predicted molar refractivity (Wildman–Crippen MR) is 120 cm³/mol. The minimum Gasteiger partial charge on any atom is -0.369 e. The fourth-order valence-electron chi connectivity index (χ4n) is 4.13. The summed E-state index contributed by atoms with van der Waals surface area (Å²) in [5.41, 5.74) is 1.57. The van der Waals surface area contributed by atoms with E-state index in [1.807, 2.05) is 18.2 Å². The van der Waals surface area contributed by atoms with Gasteiger partial charge in [0.1, 0.15) is 5.82 Å². The zero-order valence-electron chi connectivity index (χ0n) is 17.3. The maximum Gasteiger partial charge on any atom is 0.251 e. The number of amides is 2. The first-order chi connectivity index (χ1) is 15.0. The van der Waals surface area contributed by atoms with Crippen molar-refractivity contribution in [2.75, 3.05) is 49.1 Å². The molecule has 0 saturated carbocycles. The molecule has 2 aromatic carbocycles. The molecule has 0 unspecified atom stereocenters. The minimum atomic E-state index is -0.516. The van der Waals surface area contributed by atoms with Gasteiger partial charge in [-0.25, -0.2) is 9.29 Å². The van der Waals surface area contributed by atoms with Gasteiger partial charge < -0.3 is 10.2 Å². The minimum absolute atomic E-state index is 0.133. The molecule has 0 radical (unpaired) electrons. The van der Waals surface area contributed by atoms with E-state index in [2.05, 4.69) is 21.2 Å². The van der Waals surface area contributed by atoms with Crippen molar-refractivity contribution in [1.29, 1.82) is 0 Å². The predicted octanol–water partition coefficient (Wildman–Crippen LogP) is 2.91. The molecule has 0 aliphatic carbocycles. The van der Waals surface area contributed by atoms with Crippen LogP contribution in [0.5, 0.6) is 0 Å². The number of carbonyl (C=O) groups is 2. The molecule has 0 aromatic heterocycles. The Bertz CT molecular complexity index is 931. The van der Waals surface area contributed by atoms with E-state index < -0.39 is 11.9 Å². The van der Waals surface area contributed by atoms with Crippen molar-refractivity contribution < 1.29 is 14.0 Å². The quantitative estimate of drug-likeness (QED) is 0.525.